The maximum absolute atomic E-state index is 12.6. The maximum atomic E-state index is 12.6. The second-order valence-corrected chi connectivity index (χ2v) is 7.64. The zero-order valence-corrected chi connectivity index (χ0v) is 14.5. The minimum atomic E-state index is -0.355. The van der Waals surface area contributed by atoms with E-state index in [1.54, 1.807) is 6.92 Å². The number of likely N-dealkylation sites (tertiary alicyclic amines) is 1. The Labute approximate surface area is 145 Å². The number of ketones is 1. The normalized spacial score (nSPS) is 19.3. The lowest BCUT2D eigenvalue weighted by Crippen LogP contribution is -2.46. The van der Waals surface area contributed by atoms with Crippen LogP contribution in [0, 0.1) is 0 Å². The Morgan fingerprint density at radius 2 is 2.04 bits per heavy atom. The largest absolute Gasteiger partial charge is 0.325 e. The number of para-hydroxylation sites is 1. The lowest BCUT2D eigenvalue weighted by atomic mass is 9.73. The van der Waals surface area contributed by atoms with Gasteiger partial charge in [0.05, 0.1) is 10.3 Å². The Bertz CT molecular complexity index is 803. The van der Waals surface area contributed by atoms with Crippen LogP contribution in [0.15, 0.2) is 35.7 Å². The second kappa shape index (κ2) is 5.83. The van der Waals surface area contributed by atoms with E-state index in [0.29, 0.717) is 0 Å². The van der Waals surface area contributed by atoms with Gasteiger partial charge in [0.1, 0.15) is 0 Å². The fraction of sp³-hybridized carbons (Fsp3) is 0.368. The van der Waals surface area contributed by atoms with Gasteiger partial charge in [0.15, 0.2) is 5.78 Å². The highest BCUT2D eigenvalue weighted by atomic mass is 32.1. The number of benzene rings is 1. The van der Waals surface area contributed by atoms with Crippen LogP contribution in [-0.4, -0.2) is 29.7 Å². The van der Waals surface area contributed by atoms with Crippen LogP contribution in [0.5, 0.6) is 0 Å². The minimum Gasteiger partial charge on any atom is -0.325 e. The number of hydrogen-bond acceptors (Lipinski definition) is 4. The summed E-state index contributed by atoms with van der Waals surface area (Å²) in [7, 11) is 0. The molecule has 124 valence electrons. The van der Waals surface area contributed by atoms with Gasteiger partial charge in [-0.15, -0.1) is 11.3 Å². The third-order valence-electron chi connectivity index (χ3n) is 5.24. The predicted molar refractivity (Wildman–Crippen MR) is 95.6 cm³/mol. The van der Waals surface area contributed by atoms with Crippen LogP contribution in [-0.2, 0) is 16.8 Å². The van der Waals surface area contributed by atoms with Crippen LogP contribution in [0.2, 0.25) is 0 Å². The van der Waals surface area contributed by atoms with Crippen molar-refractivity contribution in [3.05, 3.63) is 51.7 Å². The van der Waals surface area contributed by atoms with E-state index in [9.17, 15) is 9.59 Å². The fourth-order valence-corrected chi connectivity index (χ4v) is 4.67. The quantitative estimate of drug-likeness (QED) is 0.871. The lowest BCUT2D eigenvalue weighted by Gasteiger charge is -2.37. The molecule has 0 bridgehead atoms. The first-order valence-corrected chi connectivity index (χ1v) is 9.18. The first-order valence-electron chi connectivity index (χ1n) is 8.30. The number of hydrogen-bond donors (Lipinski definition) is 1. The first kappa shape index (κ1) is 15.5. The number of amides is 1. The molecule has 1 N–H and O–H groups in total. The smallest absolute Gasteiger partial charge is 0.235 e. The summed E-state index contributed by atoms with van der Waals surface area (Å²) in [4.78, 5) is 27.2. The average molecular weight is 340 g/mol. The monoisotopic (exact) mass is 340 g/mol. The van der Waals surface area contributed by atoms with E-state index in [0.717, 1.165) is 48.6 Å². The van der Waals surface area contributed by atoms with Crippen molar-refractivity contribution >= 4 is 28.7 Å². The van der Waals surface area contributed by atoms with Crippen molar-refractivity contribution in [3.8, 4) is 0 Å². The molecule has 2 aliphatic rings. The van der Waals surface area contributed by atoms with E-state index in [2.05, 4.69) is 21.7 Å². The zero-order valence-electron chi connectivity index (χ0n) is 13.7. The molecule has 0 saturated carbocycles. The molecule has 1 aromatic carbocycles. The molecule has 2 aliphatic heterocycles. The number of carbonyl (C=O) groups is 2. The summed E-state index contributed by atoms with van der Waals surface area (Å²) in [5.74, 6) is 0.279. The third kappa shape index (κ3) is 2.48. The van der Waals surface area contributed by atoms with E-state index in [-0.39, 0.29) is 17.1 Å². The van der Waals surface area contributed by atoms with E-state index in [1.807, 2.05) is 24.3 Å². The number of thiophene rings is 1. The predicted octanol–water partition coefficient (Wildman–Crippen LogP) is 3.44. The molecular weight excluding hydrogens is 320 g/mol. The molecule has 1 fully saturated rings. The summed E-state index contributed by atoms with van der Waals surface area (Å²) in [6.07, 6.45) is 1.69. The highest BCUT2D eigenvalue weighted by molar-refractivity contribution is 7.12. The fourth-order valence-electron chi connectivity index (χ4n) is 3.86. The molecule has 1 aromatic heterocycles. The Balaban J connectivity index is 1.47. The Morgan fingerprint density at radius 1 is 1.29 bits per heavy atom. The SMILES string of the molecule is CC(=O)c1cc(CN2CCC3(CC2)C(=O)Nc2ccccc23)cs1. The average Bonchev–Trinajstić information content (AvgIpc) is 3.14. The molecule has 0 atom stereocenters. The maximum Gasteiger partial charge on any atom is 0.235 e. The number of rotatable bonds is 3. The molecule has 0 radical (unpaired) electrons. The first-order chi connectivity index (χ1) is 11.6. The summed E-state index contributed by atoms with van der Waals surface area (Å²) in [6.45, 7) is 4.25. The van der Waals surface area contributed by atoms with Gasteiger partial charge in [0.2, 0.25) is 5.91 Å². The highest BCUT2D eigenvalue weighted by Crippen LogP contribution is 2.44. The summed E-state index contributed by atoms with van der Waals surface area (Å²) in [5, 5.41) is 5.11. The number of nitrogens with one attached hydrogen (secondary N) is 1. The second-order valence-electron chi connectivity index (χ2n) is 6.73. The van der Waals surface area contributed by atoms with Gasteiger partial charge in [-0.2, -0.15) is 0 Å². The van der Waals surface area contributed by atoms with Gasteiger partial charge in [-0.25, -0.2) is 0 Å². The molecule has 0 aliphatic carbocycles. The van der Waals surface area contributed by atoms with Crippen LogP contribution in [0.4, 0.5) is 5.69 Å². The summed E-state index contributed by atoms with van der Waals surface area (Å²) in [6, 6.07) is 10.1. The Kier molecular flexibility index (Phi) is 3.77. The van der Waals surface area contributed by atoms with Crippen LogP contribution in [0.3, 0.4) is 0 Å². The van der Waals surface area contributed by atoms with Crippen molar-refractivity contribution in [1.29, 1.82) is 0 Å². The number of piperidine rings is 1. The Hall–Kier alpha value is -1.98. The zero-order chi connectivity index (χ0) is 16.7. The van der Waals surface area contributed by atoms with Gasteiger partial charge in [-0.3, -0.25) is 14.5 Å². The van der Waals surface area contributed by atoms with Crippen molar-refractivity contribution in [3.63, 3.8) is 0 Å². The molecule has 1 amide bonds. The van der Waals surface area contributed by atoms with E-state index in [4.69, 9.17) is 0 Å². The number of fused-ring (bicyclic) bond motifs is 2. The van der Waals surface area contributed by atoms with Gasteiger partial charge in [-0.05, 0) is 61.5 Å². The molecule has 4 rings (SSSR count). The van der Waals surface area contributed by atoms with E-state index in [1.165, 1.54) is 16.9 Å². The van der Waals surface area contributed by atoms with Crippen molar-refractivity contribution in [1.82, 2.24) is 4.90 Å². The van der Waals surface area contributed by atoms with E-state index < -0.39 is 0 Å². The molecule has 4 nitrogen and oxygen atoms in total. The molecular formula is C19H20N2O2S. The van der Waals surface area contributed by atoms with E-state index >= 15 is 0 Å². The third-order valence-corrected chi connectivity index (χ3v) is 6.32. The van der Waals surface area contributed by atoms with Gasteiger partial charge in [0.25, 0.3) is 0 Å². The molecule has 1 spiro atoms. The summed E-state index contributed by atoms with van der Waals surface area (Å²) < 4.78 is 0. The van der Waals surface area contributed by atoms with Gasteiger partial charge >= 0.3 is 0 Å². The number of anilines is 1. The number of nitrogens with zero attached hydrogens (tertiary/aromatic N) is 1. The lowest BCUT2D eigenvalue weighted by molar-refractivity contribution is -0.122. The van der Waals surface area contributed by atoms with Gasteiger partial charge in [0, 0.05) is 12.2 Å². The number of Topliss-reactive ketones (excluding diaryl/α,β-unsaturated/α-hetero) is 1. The summed E-state index contributed by atoms with van der Waals surface area (Å²) in [5.41, 5.74) is 2.97. The van der Waals surface area contributed by atoms with Crippen molar-refractivity contribution in [2.75, 3.05) is 18.4 Å². The summed E-state index contributed by atoms with van der Waals surface area (Å²) >= 11 is 1.52. The molecule has 1 saturated heterocycles. The van der Waals surface area contributed by atoms with Crippen molar-refractivity contribution in [2.24, 2.45) is 0 Å². The molecule has 0 unspecified atom stereocenters. The topological polar surface area (TPSA) is 49.4 Å². The highest BCUT2D eigenvalue weighted by Gasteiger charge is 2.48. The molecule has 3 heterocycles. The van der Waals surface area contributed by atoms with Crippen molar-refractivity contribution < 1.29 is 9.59 Å². The van der Waals surface area contributed by atoms with Crippen LogP contribution in [0.25, 0.3) is 0 Å². The minimum absolute atomic E-state index is 0.128. The van der Waals surface area contributed by atoms with Crippen LogP contribution >= 0.6 is 11.3 Å². The molecule has 24 heavy (non-hydrogen) atoms. The number of carbonyl (C=O) groups excluding carboxylic acids is 2. The van der Waals surface area contributed by atoms with Gasteiger partial charge < -0.3 is 5.32 Å². The van der Waals surface area contributed by atoms with Crippen LogP contribution in [0.1, 0.15) is 40.6 Å². The van der Waals surface area contributed by atoms with Crippen LogP contribution < -0.4 is 5.32 Å². The molecule has 2 aromatic rings. The Morgan fingerprint density at radius 3 is 2.75 bits per heavy atom. The van der Waals surface area contributed by atoms with Crippen molar-refractivity contribution in [2.45, 2.75) is 31.7 Å². The van der Waals surface area contributed by atoms with Gasteiger partial charge in [-0.1, -0.05) is 18.2 Å². The standard InChI is InChI=1S/C19H20N2O2S/c1-13(22)17-10-14(12-24-17)11-21-8-6-19(7-9-21)15-4-2-3-5-16(15)20-18(19)23/h2-5,10,12H,6-9,11H2,1H3,(H,20,23). The molecule has 5 heteroatoms.